The third-order valence-corrected chi connectivity index (χ3v) is 5.08. The van der Waals surface area contributed by atoms with E-state index in [1.807, 2.05) is 38.1 Å². The molecule has 0 spiro atoms. The van der Waals surface area contributed by atoms with Crippen LogP contribution in [0.25, 0.3) is 0 Å². The summed E-state index contributed by atoms with van der Waals surface area (Å²) < 4.78 is 1.86. The molecule has 0 radical (unpaired) electrons. The van der Waals surface area contributed by atoms with Crippen LogP contribution in [0.2, 0.25) is 0 Å². The Morgan fingerprint density at radius 1 is 1.40 bits per heavy atom. The van der Waals surface area contributed by atoms with Gasteiger partial charge in [-0.05, 0) is 31.5 Å². The normalized spacial score (nSPS) is 12.2. The molecule has 1 aromatic carbocycles. The fraction of sp³-hybridized carbons (Fsp3) is 0.308. The Bertz CT molecular complexity index is 586. The minimum absolute atomic E-state index is 0.00160. The zero-order valence-electron chi connectivity index (χ0n) is 11.1. The Morgan fingerprint density at radius 2 is 2.10 bits per heavy atom. The quantitative estimate of drug-likeness (QED) is 0.816. The zero-order chi connectivity index (χ0) is 14.5. The van der Waals surface area contributed by atoms with Crippen LogP contribution in [0.1, 0.15) is 23.5 Å². The molecule has 4 nitrogen and oxygen atoms in total. The molecular formula is C13H14BrN3OS2. The van der Waals surface area contributed by atoms with Gasteiger partial charge in [0.15, 0.2) is 4.34 Å². The third kappa shape index (κ3) is 4.57. The van der Waals surface area contributed by atoms with Gasteiger partial charge in [0.1, 0.15) is 5.01 Å². The molecule has 2 aromatic rings. The summed E-state index contributed by atoms with van der Waals surface area (Å²) in [5.41, 5.74) is 1.08. The zero-order valence-corrected chi connectivity index (χ0v) is 14.3. The second-order valence-electron chi connectivity index (χ2n) is 4.22. The number of halogens is 1. The predicted octanol–water partition coefficient (Wildman–Crippen LogP) is 3.58. The van der Waals surface area contributed by atoms with Crippen molar-refractivity contribution in [2.75, 3.05) is 5.75 Å². The number of carbonyl (C=O) groups excluding carboxylic acids is 1. The summed E-state index contributed by atoms with van der Waals surface area (Å²) in [6.45, 7) is 3.87. The van der Waals surface area contributed by atoms with Gasteiger partial charge in [0.05, 0.1) is 11.8 Å². The van der Waals surface area contributed by atoms with E-state index >= 15 is 0 Å². The van der Waals surface area contributed by atoms with E-state index in [0.717, 1.165) is 19.4 Å². The molecule has 2 rings (SSSR count). The summed E-state index contributed by atoms with van der Waals surface area (Å²) in [6, 6.07) is 7.92. The van der Waals surface area contributed by atoms with Gasteiger partial charge in [-0.3, -0.25) is 4.79 Å². The highest BCUT2D eigenvalue weighted by molar-refractivity contribution is 9.10. The van der Waals surface area contributed by atoms with E-state index in [4.69, 9.17) is 0 Å². The molecule has 7 heteroatoms. The number of aromatic nitrogens is 2. The molecule has 0 aliphatic rings. The molecule has 0 aliphatic carbocycles. The number of aryl methyl sites for hydroxylation is 1. The van der Waals surface area contributed by atoms with E-state index in [1.54, 1.807) is 0 Å². The summed E-state index contributed by atoms with van der Waals surface area (Å²) >= 11 is 6.31. The van der Waals surface area contributed by atoms with Gasteiger partial charge >= 0.3 is 0 Å². The van der Waals surface area contributed by atoms with Gasteiger partial charge in [-0.2, -0.15) is 0 Å². The third-order valence-electron chi connectivity index (χ3n) is 2.58. The maximum atomic E-state index is 11.9. The Hall–Kier alpha value is -0.920. The Morgan fingerprint density at radius 3 is 2.70 bits per heavy atom. The molecule has 1 heterocycles. The van der Waals surface area contributed by atoms with E-state index in [1.165, 1.54) is 23.1 Å². The van der Waals surface area contributed by atoms with Gasteiger partial charge in [-0.15, -0.1) is 10.2 Å². The van der Waals surface area contributed by atoms with E-state index < -0.39 is 0 Å². The first-order valence-corrected chi connectivity index (χ1v) is 8.62. The molecule has 1 N–H and O–H groups in total. The highest BCUT2D eigenvalue weighted by Crippen LogP contribution is 2.22. The first-order chi connectivity index (χ1) is 9.54. The predicted molar refractivity (Wildman–Crippen MR) is 86.1 cm³/mol. The summed E-state index contributed by atoms with van der Waals surface area (Å²) in [7, 11) is 0. The maximum Gasteiger partial charge on any atom is 0.230 e. The molecule has 20 heavy (non-hydrogen) atoms. The smallest absolute Gasteiger partial charge is 0.230 e. The van der Waals surface area contributed by atoms with Crippen LogP contribution in [-0.2, 0) is 4.79 Å². The number of amides is 1. The first-order valence-electron chi connectivity index (χ1n) is 6.02. The van der Waals surface area contributed by atoms with Crippen molar-refractivity contribution in [3.63, 3.8) is 0 Å². The van der Waals surface area contributed by atoms with Crippen LogP contribution in [0.3, 0.4) is 0 Å². The summed E-state index contributed by atoms with van der Waals surface area (Å²) in [5.74, 6) is 0.355. The lowest BCUT2D eigenvalue weighted by atomic mass is 10.1. The second-order valence-corrected chi connectivity index (χ2v) is 7.54. The number of hydrogen-bond donors (Lipinski definition) is 1. The lowest BCUT2D eigenvalue weighted by molar-refractivity contribution is -0.119. The van der Waals surface area contributed by atoms with Crippen molar-refractivity contribution in [2.45, 2.75) is 24.2 Å². The van der Waals surface area contributed by atoms with Gasteiger partial charge in [-0.1, -0.05) is 51.2 Å². The van der Waals surface area contributed by atoms with Crippen molar-refractivity contribution in [2.24, 2.45) is 0 Å². The fourth-order valence-corrected chi connectivity index (χ4v) is 3.47. The van der Waals surface area contributed by atoms with E-state index in [-0.39, 0.29) is 11.9 Å². The Labute approximate surface area is 134 Å². The maximum absolute atomic E-state index is 11.9. The van der Waals surface area contributed by atoms with Crippen molar-refractivity contribution in [1.82, 2.24) is 15.5 Å². The van der Waals surface area contributed by atoms with E-state index in [0.29, 0.717) is 5.75 Å². The number of nitrogens with zero attached hydrogens (tertiary/aromatic N) is 2. The lowest BCUT2D eigenvalue weighted by Crippen LogP contribution is -2.28. The van der Waals surface area contributed by atoms with Crippen molar-refractivity contribution in [1.29, 1.82) is 0 Å². The van der Waals surface area contributed by atoms with E-state index in [9.17, 15) is 4.79 Å². The van der Waals surface area contributed by atoms with E-state index in [2.05, 4.69) is 31.4 Å². The highest BCUT2D eigenvalue weighted by atomic mass is 79.9. The van der Waals surface area contributed by atoms with Gasteiger partial charge in [0.25, 0.3) is 0 Å². The van der Waals surface area contributed by atoms with Crippen molar-refractivity contribution < 1.29 is 4.79 Å². The molecule has 1 unspecified atom stereocenters. The largest absolute Gasteiger partial charge is 0.349 e. The highest BCUT2D eigenvalue weighted by Gasteiger charge is 2.11. The van der Waals surface area contributed by atoms with Gasteiger partial charge < -0.3 is 5.32 Å². The average Bonchev–Trinajstić information content (AvgIpc) is 2.83. The molecule has 0 saturated carbocycles. The number of thioether (sulfide) groups is 1. The number of rotatable bonds is 5. The summed E-state index contributed by atoms with van der Waals surface area (Å²) in [5, 5.41) is 11.8. The monoisotopic (exact) mass is 371 g/mol. The molecule has 106 valence electrons. The summed E-state index contributed by atoms with van der Waals surface area (Å²) in [4.78, 5) is 11.9. The Balaban J connectivity index is 1.83. The minimum atomic E-state index is -0.00708. The van der Waals surface area contributed by atoms with Gasteiger partial charge in [0.2, 0.25) is 5.91 Å². The second kappa shape index (κ2) is 7.19. The molecular weight excluding hydrogens is 358 g/mol. The first kappa shape index (κ1) is 15.5. The van der Waals surface area contributed by atoms with Crippen LogP contribution in [0.5, 0.6) is 0 Å². The molecule has 1 amide bonds. The average molecular weight is 372 g/mol. The fourth-order valence-electron chi connectivity index (χ4n) is 1.58. The van der Waals surface area contributed by atoms with Crippen LogP contribution in [-0.4, -0.2) is 21.9 Å². The molecule has 1 aromatic heterocycles. The number of nitrogens with one attached hydrogen (secondary N) is 1. The minimum Gasteiger partial charge on any atom is -0.349 e. The molecule has 1 atom stereocenters. The Kier molecular flexibility index (Phi) is 5.56. The molecule has 0 saturated heterocycles. The lowest BCUT2D eigenvalue weighted by Gasteiger charge is -2.14. The number of hydrogen-bond acceptors (Lipinski definition) is 5. The van der Waals surface area contributed by atoms with Gasteiger partial charge in [-0.25, -0.2) is 0 Å². The molecule has 0 fully saturated rings. The number of benzene rings is 1. The molecule has 0 aliphatic heterocycles. The van der Waals surface area contributed by atoms with Gasteiger partial charge in [0, 0.05) is 4.47 Å². The van der Waals surface area contributed by atoms with Crippen molar-refractivity contribution >= 4 is 44.9 Å². The SMILES string of the molecule is Cc1nnc(SCC(=O)NC(C)c2ccc(Br)cc2)s1. The number of carbonyl (C=O) groups is 1. The van der Waals surface area contributed by atoms with Crippen LogP contribution >= 0.6 is 39.0 Å². The van der Waals surface area contributed by atoms with Crippen LogP contribution in [0.15, 0.2) is 33.1 Å². The summed E-state index contributed by atoms with van der Waals surface area (Å²) in [6.07, 6.45) is 0. The van der Waals surface area contributed by atoms with Crippen molar-refractivity contribution in [3.8, 4) is 0 Å². The van der Waals surface area contributed by atoms with Crippen LogP contribution in [0, 0.1) is 6.92 Å². The topological polar surface area (TPSA) is 54.9 Å². The van der Waals surface area contributed by atoms with Crippen LogP contribution in [0.4, 0.5) is 0 Å². The standard InChI is InChI=1S/C13H14BrN3OS2/c1-8(10-3-5-11(14)6-4-10)15-12(18)7-19-13-17-16-9(2)20-13/h3-6,8H,7H2,1-2H3,(H,15,18). The molecule has 0 bridgehead atoms. The van der Waals surface area contributed by atoms with Crippen molar-refractivity contribution in [3.05, 3.63) is 39.3 Å². The van der Waals surface area contributed by atoms with Crippen LogP contribution < -0.4 is 5.32 Å².